The van der Waals surface area contributed by atoms with Crippen LogP contribution in [0.25, 0.3) is 0 Å². The van der Waals surface area contributed by atoms with Crippen molar-refractivity contribution in [2.75, 3.05) is 37.0 Å². The molecular weight excluding hydrogens is 267 g/mol. The van der Waals surface area contributed by atoms with Crippen molar-refractivity contribution in [3.05, 3.63) is 29.3 Å². The van der Waals surface area contributed by atoms with Crippen molar-refractivity contribution in [3.8, 4) is 0 Å². The highest BCUT2D eigenvalue weighted by Gasteiger charge is 2.20. The summed E-state index contributed by atoms with van der Waals surface area (Å²) in [6.07, 6.45) is 1.07. The van der Waals surface area contributed by atoms with Crippen LogP contribution in [0.2, 0.25) is 5.02 Å². The minimum absolute atomic E-state index is 0.587. The van der Waals surface area contributed by atoms with E-state index in [9.17, 15) is 0 Å². The molecule has 2 nitrogen and oxygen atoms in total. The van der Waals surface area contributed by atoms with Crippen LogP contribution < -0.4 is 4.90 Å². The second kappa shape index (κ2) is 6.65. The normalized spacial score (nSPS) is 18.9. The first-order valence-corrected chi connectivity index (χ1v) is 7.42. The Labute approximate surface area is 119 Å². The molecule has 0 spiro atoms. The molecule has 1 heterocycles. The van der Waals surface area contributed by atoms with E-state index in [2.05, 4.69) is 22.8 Å². The van der Waals surface area contributed by atoms with Gasteiger partial charge >= 0.3 is 0 Å². The topological polar surface area (TPSA) is 6.48 Å². The second-order valence-corrected chi connectivity index (χ2v) is 5.64. The van der Waals surface area contributed by atoms with E-state index in [-0.39, 0.29) is 0 Å². The van der Waals surface area contributed by atoms with Crippen molar-refractivity contribution >= 4 is 28.9 Å². The fourth-order valence-electron chi connectivity index (χ4n) is 2.43. The lowest BCUT2D eigenvalue weighted by molar-refractivity contribution is 0.193. The van der Waals surface area contributed by atoms with E-state index in [4.69, 9.17) is 23.2 Å². The Kier molecular flexibility index (Phi) is 5.16. The number of hydrogen-bond acceptors (Lipinski definition) is 2. The molecule has 0 saturated carbocycles. The standard InChI is InChI=1S/C14H20Cl2N2/c1-12(5-6-15)17-7-9-18(10-8-17)14-4-2-3-13(16)11-14/h2-4,11-12H,5-10H2,1H3/t12-/m0/s1. The van der Waals surface area contributed by atoms with Crippen molar-refractivity contribution in [1.29, 1.82) is 0 Å². The van der Waals surface area contributed by atoms with Crippen LogP contribution in [0, 0.1) is 0 Å². The molecule has 1 aliphatic rings. The molecule has 1 aromatic rings. The fraction of sp³-hybridized carbons (Fsp3) is 0.571. The zero-order chi connectivity index (χ0) is 13.0. The highest BCUT2D eigenvalue weighted by atomic mass is 35.5. The number of halogens is 2. The van der Waals surface area contributed by atoms with Crippen molar-refractivity contribution < 1.29 is 0 Å². The van der Waals surface area contributed by atoms with E-state index in [0.29, 0.717) is 6.04 Å². The smallest absolute Gasteiger partial charge is 0.0426 e. The SMILES string of the molecule is C[C@@H](CCCl)N1CCN(c2cccc(Cl)c2)CC1. The van der Waals surface area contributed by atoms with Gasteiger partial charge in [-0.3, -0.25) is 4.90 Å². The molecule has 100 valence electrons. The first-order valence-electron chi connectivity index (χ1n) is 6.51. The van der Waals surface area contributed by atoms with Crippen molar-refractivity contribution in [2.24, 2.45) is 0 Å². The zero-order valence-corrected chi connectivity index (χ0v) is 12.3. The van der Waals surface area contributed by atoms with Crippen LogP contribution in [0.5, 0.6) is 0 Å². The molecular formula is C14H20Cl2N2. The molecule has 0 amide bonds. The lowest BCUT2D eigenvalue weighted by atomic mass is 10.1. The summed E-state index contributed by atoms with van der Waals surface area (Å²) in [5, 5.41) is 0.811. The van der Waals surface area contributed by atoms with Gasteiger partial charge in [-0.25, -0.2) is 0 Å². The van der Waals surface area contributed by atoms with Gasteiger partial charge in [0.1, 0.15) is 0 Å². The summed E-state index contributed by atoms with van der Waals surface area (Å²) in [7, 11) is 0. The number of alkyl halides is 1. The third kappa shape index (κ3) is 3.53. The summed E-state index contributed by atoms with van der Waals surface area (Å²) in [4.78, 5) is 4.92. The third-order valence-corrected chi connectivity index (χ3v) is 4.09. The van der Waals surface area contributed by atoms with Gasteiger partial charge in [-0.05, 0) is 31.5 Å². The molecule has 1 aromatic carbocycles. The van der Waals surface area contributed by atoms with E-state index < -0.39 is 0 Å². The van der Waals surface area contributed by atoms with Crippen LogP contribution in [-0.2, 0) is 0 Å². The van der Waals surface area contributed by atoms with Gasteiger partial charge in [-0.15, -0.1) is 11.6 Å². The molecule has 1 saturated heterocycles. The van der Waals surface area contributed by atoms with E-state index in [1.807, 2.05) is 18.2 Å². The molecule has 2 rings (SSSR count). The number of hydrogen-bond donors (Lipinski definition) is 0. The Morgan fingerprint density at radius 2 is 1.94 bits per heavy atom. The molecule has 1 aliphatic heterocycles. The maximum absolute atomic E-state index is 6.03. The molecule has 0 aliphatic carbocycles. The molecule has 0 unspecified atom stereocenters. The number of anilines is 1. The van der Waals surface area contributed by atoms with Crippen LogP contribution in [0.3, 0.4) is 0 Å². The largest absolute Gasteiger partial charge is 0.369 e. The molecule has 0 aromatic heterocycles. The highest BCUT2D eigenvalue weighted by Crippen LogP contribution is 2.21. The minimum Gasteiger partial charge on any atom is -0.369 e. The van der Waals surface area contributed by atoms with Crippen LogP contribution in [-0.4, -0.2) is 43.0 Å². The zero-order valence-electron chi connectivity index (χ0n) is 10.8. The van der Waals surface area contributed by atoms with Gasteiger partial charge in [0.2, 0.25) is 0 Å². The average Bonchev–Trinajstić information content (AvgIpc) is 2.39. The van der Waals surface area contributed by atoms with Gasteiger partial charge in [-0.1, -0.05) is 17.7 Å². The average molecular weight is 287 g/mol. The molecule has 1 atom stereocenters. The van der Waals surface area contributed by atoms with Gasteiger partial charge in [0.25, 0.3) is 0 Å². The van der Waals surface area contributed by atoms with Crippen LogP contribution in [0.4, 0.5) is 5.69 Å². The summed E-state index contributed by atoms with van der Waals surface area (Å²) >= 11 is 11.8. The molecule has 4 heteroatoms. The van der Waals surface area contributed by atoms with E-state index >= 15 is 0 Å². The molecule has 18 heavy (non-hydrogen) atoms. The summed E-state index contributed by atoms with van der Waals surface area (Å²) in [5.74, 6) is 0.746. The van der Waals surface area contributed by atoms with Crippen LogP contribution in [0.15, 0.2) is 24.3 Å². The number of piperazine rings is 1. The first-order chi connectivity index (χ1) is 8.70. The number of benzene rings is 1. The molecule has 0 N–H and O–H groups in total. The molecule has 0 bridgehead atoms. The van der Waals surface area contributed by atoms with Crippen molar-refractivity contribution in [2.45, 2.75) is 19.4 Å². The Morgan fingerprint density at radius 1 is 1.22 bits per heavy atom. The van der Waals surface area contributed by atoms with E-state index in [0.717, 1.165) is 43.5 Å². The van der Waals surface area contributed by atoms with Gasteiger partial charge in [0, 0.05) is 48.8 Å². The predicted octanol–water partition coefficient (Wildman–Crippen LogP) is 3.48. The maximum Gasteiger partial charge on any atom is 0.0426 e. The van der Waals surface area contributed by atoms with Gasteiger partial charge in [-0.2, -0.15) is 0 Å². The molecule has 1 fully saturated rings. The van der Waals surface area contributed by atoms with Crippen LogP contribution >= 0.6 is 23.2 Å². The fourth-order valence-corrected chi connectivity index (χ4v) is 2.93. The summed E-state index contributed by atoms with van der Waals surface area (Å²) in [6.45, 7) is 6.59. The van der Waals surface area contributed by atoms with E-state index in [1.54, 1.807) is 0 Å². The highest BCUT2D eigenvalue weighted by molar-refractivity contribution is 6.30. The second-order valence-electron chi connectivity index (χ2n) is 4.83. The maximum atomic E-state index is 6.03. The van der Waals surface area contributed by atoms with Gasteiger partial charge < -0.3 is 4.90 Å². The summed E-state index contributed by atoms with van der Waals surface area (Å²) in [5.41, 5.74) is 1.23. The lowest BCUT2D eigenvalue weighted by Crippen LogP contribution is -2.49. The molecule has 0 radical (unpaired) electrons. The Balaban J connectivity index is 1.90. The van der Waals surface area contributed by atoms with Crippen molar-refractivity contribution in [3.63, 3.8) is 0 Å². The summed E-state index contributed by atoms with van der Waals surface area (Å²) in [6, 6.07) is 8.69. The van der Waals surface area contributed by atoms with Crippen LogP contribution in [0.1, 0.15) is 13.3 Å². The Morgan fingerprint density at radius 3 is 2.56 bits per heavy atom. The summed E-state index contributed by atoms with van der Waals surface area (Å²) < 4.78 is 0. The quantitative estimate of drug-likeness (QED) is 0.782. The lowest BCUT2D eigenvalue weighted by Gasteiger charge is -2.39. The third-order valence-electron chi connectivity index (χ3n) is 3.64. The monoisotopic (exact) mass is 286 g/mol. The Hall–Kier alpha value is -0.440. The first kappa shape index (κ1) is 14.0. The Bertz CT molecular complexity index is 376. The number of rotatable bonds is 4. The van der Waals surface area contributed by atoms with Crippen molar-refractivity contribution in [1.82, 2.24) is 4.90 Å². The minimum atomic E-state index is 0.587. The van der Waals surface area contributed by atoms with E-state index in [1.165, 1.54) is 5.69 Å². The van der Waals surface area contributed by atoms with Gasteiger partial charge in [0.05, 0.1) is 0 Å². The predicted molar refractivity (Wildman–Crippen MR) is 80.0 cm³/mol. The number of nitrogens with zero attached hydrogens (tertiary/aromatic N) is 2. The van der Waals surface area contributed by atoms with Gasteiger partial charge in [0.15, 0.2) is 0 Å².